The van der Waals surface area contributed by atoms with E-state index in [0.29, 0.717) is 24.5 Å². The first-order chi connectivity index (χ1) is 20.8. The Morgan fingerprint density at radius 2 is 1.30 bits per heavy atom. The number of rotatable bonds is 21. The van der Waals surface area contributed by atoms with Crippen LogP contribution in [0.5, 0.6) is 11.5 Å². The minimum atomic E-state index is -0.444. The minimum absolute atomic E-state index is 0.107. The van der Waals surface area contributed by atoms with Crippen LogP contribution in [0.1, 0.15) is 153 Å². The zero-order valence-electron chi connectivity index (χ0n) is 27.4. The van der Waals surface area contributed by atoms with Gasteiger partial charge in [0.25, 0.3) is 0 Å². The van der Waals surface area contributed by atoms with Crippen molar-refractivity contribution in [1.29, 1.82) is 0 Å². The first-order valence-corrected chi connectivity index (χ1v) is 17.0. The molecule has 2 aromatic rings. The third-order valence-corrected chi connectivity index (χ3v) is 8.42. The van der Waals surface area contributed by atoms with Gasteiger partial charge in [-0.3, -0.25) is 9.59 Å². The summed E-state index contributed by atoms with van der Waals surface area (Å²) in [6, 6.07) is 13.4. The molecule has 0 saturated carbocycles. The number of carbonyl (C=O) groups is 2. The number of benzene rings is 2. The van der Waals surface area contributed by atoms with Gasteiger partial charge in [0, 0.05) is 12.0 Å². The van der Waals surface area contributed by atoms with Crippen LogP contribution in [-0.4, -0.2) is 25.2 Å². The lowest BCUT2D eigenvalue weighted by Gasteiger charge is -2.23. The Labute approximate surface area is 261 Å². The molecule has 1 aliphatic heterocycles. The molecule has 0 aliphatic carbocycles. The fourth-order valence-corrected chi connectivity index (χ4v) is 5.96. The van der Waals surface area contributed by atoms with Crippen molar-refractivity contribution < 1.29 is 23.8 Å². The molecule has 0 saturated heterocycles. The van der Waals surface area contributed by atoms with Crippen LogP contribution < -0.4 is 9.47 Å². The Morgan fingerprint density at radius 3 is 1.86 bits per heavy atom. The van der Waals surface area contributed by atoms with Crippen LogP contribution >= 0.6 is 0 Å². The van der Waals surface area contributed by atoms with Gasteiger partial charge >= 0.3 is 11.9 Å². The molecule has 43 heavy (non-hydrogen) atoms. The summed E-state index contributed by atoms with van der Waals surface area (Å²) < 4.78 is 16.8. The van der Waals surface area contributed by atoms with Crippen molar-refractivity contribution in [3.63, 3.8) is 0 Å². The van der Waals surface area contributed by atoms with Crippen molar-refractivity contribution in [2.45, 2.75) is 142 Å². The summed E-state index contributed by atoms with van der Waals surface area (Å²) in [5.74, 6) is 0.482. The van der Waals surface area contributed by atoms with Gasteiger partial charge in [0.2, 0.25) is 0 Å². The van der Waals surface area contributed by atoms with Gasteiger partial charge in [-0.2, -0.15) is 0 Å². The lowest BCUT2D eigenvalue weighted by Crippen LogP contribution is -2.17. The SMILES string of the molecule is CCCCCCCCCCCCCCCCCC(=O)OCCOc1ccc(C2C(=O)Oc3cccc(C(C)(C)C)c32)cc1. The third-order valence-electron chi connectivity index (χ3n) is 8.42. The van der Waals surface area contributed by atoms with Crippen LogP contribution in [0.3, 0.4) is 0 Å². The molecule has 0 spiro atoms. The molecule has 2 aromatic carbocycles. The van der Waals surface area contributed by atoms with Crippen LogP contribution in [0.15, 0.2) is 42.5 Å². The largest absolute Gasteiger partial charge is 0.490 e. The number of unbranched alkanes of at least 4 members (excludes halogenated alkanes) is 14. The molecule has 0 fully saturated rings. The molecule has 0 aromatic heterocycles. The van der Waals surface area contributed by atoms with E-state index in [-0.39, 0.29) is 24.0 Å². The number of carbonyl (C=O) groups excluding carboxylic acids is 2. The van der Waals surface area contributed by atoms with Gasteiger partial charge in [0.05, 0.1) is 0 Å². The molecule has 5 heteroatoms. The van der Waals surface area contributed by atoms with Crippen LogP contribution in [0.4, 0.5) is 0 Å². The fraction of sp³-hybridized carbons (Fsp3) is 0.632. The summed E-state index contributed by atoms with van der Waals surface area (Å²) in [5.41, 5.74) is 2.84. The Morgan fingerprint density at radius 1 is 0.744 bits per heavy atom. The summed E-state index contributed by atoms with van der Waals surface area (Å²) >= 11 is 0. The van der Waals surface area contributed by atoms with Crippen LogP contribution in [-0.2, 0) is 19.7 Å². The fourth-order valence-electron chi connectivity index (χ4n) is 5.96. The first kappa shape index (κ1) is 34.7. The second kappa shape index (κ2) is 18.8. The Kier molecular flexibility index (Phi) is 15.1. The third kappa shape index (κ3) is 12.0. The van der Waals surface area contributed by atoms with Crippen molar-refractivity contribution in [2.24, 2.45) is 0 Å². The number of fused-ring (bicyclic) bond motifs is 1. The van der Waals surface area contributed by atoms with Crippen molar-refractivity contribution in [1.82, 2.24) is 0 Å². The second-order valence-corrected chi connectivity index (χ2v) is 13.2. The molecule has 1 unspecified atom stereocenters. The maximum atomic E-state index is 12.8. The van der Waals surface area contributed by atoms with E-state index in [1.807, 2.05) is 36.4 Å². The summed E-state index contributed by atoms with van der Waals surface area (Å²) in [6.07, 6.45) is 20.1. The van der Waals surface area contributed by atoms with Crippen molar-refractivity contribution in [2.75, 3.05) is 13.2 Å². The van der Waals surface area contributed by atoms with Crippen LogP contribution in [0.25, 0.3) is 0 Å². The van der Waals surface area contributed by atoms with Crippen LogP contribution in [0.2, 0.25) is 0 Å². The van der Waals surface area contributed by atoms with Crippen molar-refractivity contribution in [3.8, 4) is 11.5 Å². The average molecular weight is 593 g/mol. The molecule has 0 N–H and O–H groups in total. The van der Waals surface area contributed by atoms with Gasteiger partial charge in [-0.05, 0) is 41.2 Å². The van der Waals surface area contributed by atoms with E-state index in [9.17, 15) is 9.59 Å². The van der Waals surface area contributed by atoms with E-state index < -0.39 is 5.92 Å². The molecule has 1 heterocycles. The van der Waals surface area contributed by atoms with Gasteiger partial charge < -0.3 is 14.2 Å². The molecular formula is C38H56O5. The topological polar surface area (TPSA) is 61.8 Å². The predicted octanol–water partition coefficient (Wildman–Crippen LogP) is 10.2. The van der Waals surface area contributed by atoms with E-state index in [1.165, 1.54) is 83.5 Å². The van der Waals surface area contributed by atoms with Crippen LogP contribution in [0, 0.1) is 0 Å². The average Bonchev–Trinajstić information content (AvgIpc) is 3.32. The molecular weight excluding hydrogens is 536 g/mol. The van der Waals surface area contributed by atoms with E-state index in [2.05, 4.69) is 33.8 Å². The standard InChI is InChI=1S/C38H56O5/c1-5-6-7-8-9-10-11-12-13-14-15-16-17-18-19-23-34(39)42-29-28-41-31-26-24-30(25-27-31)35-36-32(38(2,3)4)21-20-22-33(36)43-37(35)40/h20-22,24-27,35H,5-19,23,28-29H2,1-4H3. The van der Waals surface area contributed by atoms with Gasteiger partial charge in [-0.25, -0.2) is 0 Å². The Bertz CT molecular complexity index is 1100. The molecule has 238 valence electrons. The molecule has 0 radical (unpaired) electrons. The molecule has 0 amide bonds. The summed E-state index contributed by atoms with van der Waals surface area (Å²) in [6.45, 7) is 9.24. The first-order valence-electron chi connectivity index (χ1n) is 17.0. The number of hydrogen-bond acceptors (Lipinski definition) is 5. The van der Waals surface area contributed by atoms with Crippen molar-refractivity contribution >= 4 is 11.9 Å². The Hall–Kier alpha value is -2.82. The smallest absolute Gasteiger partial charge is 0.323 e. The van der Waals surface area contributed by atoms with Gasteiger partial charge in [0.1, 0.15) is 30.6 Å². The monoisotopic (exact) mass is 592 g/mol. The second-order valence-electron chi connectivity index (χ2n) is 13.2. The number of hydrogen-bond donors (Lipinski definition) is 0. The van der Waals surface area contributed by atoms with Gasteiger partial charge in [-0.15, -0.1) is 0 Å². The van der Waals surface area contributed by atoms with Gasteiger partial charge in [-0.1, -0.05) is 142 Å². The summed E-state index contributed by atoms with van der Waals surface area (Å²) in [7, 11) is 0. The zero-order chi connectivity index (χ0) is 30.9. The van der Waals surface area contributed by atoms with E-state index >= 15 is 0 Å². The number of esters is 2. The lowest BCUT2D eigenvalue weighted by atomic mass is 9.78. The molecule has 3 rings (SSSR count). The maximum Gasteiger partial charge on any atom is 0.323 e. The molecule has 1 atom stereocenters. The molecule has 5 nitrogen and oxygen atoms in total. The normalized spacial score (nSPS) is 14.4. The van der Waals surface area contributed by atoms with Crippen molar-refractivity contribution in [3.05, 3.63) is 59.2 Å². The molecule has 1 aliphatic rings. The Balaban J connectivity index is 1.22. The predicted molar refractivity (Wildman–Crippen MR) is 175 cm³/mol. The number of ether oxygens (including phenoxy) is 3. The lowest BCUT2D eigenvalue weighted by molar-refractivity contribution is -0.144. The maximum absolute atomic E-state index is 12.8. The van der Waals surface area contributed by atoms with E-state index in [1.54, 1.807) is 0 Å². The quantitative estimate of drug-likeness (QED) is 0.0820. The minimum Gasteiger partial charge on any atom is -0.490 e. The zero-order valence-corrected chi connectivity index (χ0v) is 27.4. The summed E-state index contributed by atoms with van der Waals surface area (Å²) in [5, 5.41) is 0. The van der Waals surface area contributed by atoms with E-state index in [4.69, 9.17) is 14.2 Å². The highest BCUT2D eigenvalue weighted by atomic mass is 16.6. The summed E-state index contributed by atoms with van der Waals surface area (Å²) in [4.78, 5) is 24.9. The van der Waals surface area contributed by atoms with Gasteiger partial charge in [0.15, 0.2) is 0 Å². The van der Waals surface area contributed by atoms with E-state index in [0.717, 1.165) is 29.5 Å². The highest BCUT2D eigenvalue weighted by Gasteiger charge is 2.38. The highest BCUT2D eigenvalue weighted by Crippen LogP contribution is 2.44. The highest BCUT2D eigenvalue weighted by molar-refractivity contribution is 5.90. The molecule has 0 bridgehead atoms.